The highest BCUT2D eigenvalue weighted by molar-refractivity contribution is 7.53. The Kier molecular flexibility index (Phi) is 16.7. The van der Waals surface area contributed by atoms with E-state index in [0.29, 0.717) is 0 Å². The number of carbonyl (C=O) groups is 2. The Labute approximate surface area is 235 Å². The first-order chi connectivity index (χ1) is 18.1. The van der Waals surface area contributed by atoms with Crippen LogP contribution in [0.25, 0.3) is 0 Å². The number of allylic oxidation sites excluding steroid dienone is 7. The third-order valence-electron chi connectivity index (χ3n) is 7.64. The van der Waals surface area contributed by atoms with Crippen molar-refractivity contribution in [3.05, 3.63) is 46.6 Å². The second-order valence-electron chi connectivity index (χ2n) is 10.6. The Balaban J connectivity index is 4.95. The molecule has 0 radical (unpaired) electrons. The zero-order chi connectivity index (χ0) is 30.3. The summed E-state index contributed by atoms with van der Waals surface area (Å²) in [5, 5.41) is 7.94. The SMILES string of the molecule is CCC(C(=O)O)(C(=O)NOCC=C(C)CCC=C(C)CCC=C(C)CCC=C(C)C)C(CC)(CC)P(=O)(O)O. The van der Waals surface area contributed by atoms with Crippen molar-refractivity contribution in [1.29, 1.82) is 0 Å². The molecule has 0 aromatic carbocycles. The molecule has 0 aliphatic heterocycles. The molecule has 39 heavy (non-hydrogen) atoms. The van der Waals surface area contributed by atoms with Gasteiger partial charge in [0.15, 0.2) is 5.41 Å². The van der Waals surface area contributed by atoms with E-state index in [9.17, 15) is 29.0 Å². The zero-order valence-corrected chi connectivity index (χ0v) is 26.2. The third-order valence-corrected chi connectivity index (χ3v) is 9.77. The van der Waals surface area contributed by atoms with Gasteiger partial charge in [0.25, 0.3) is 5.91 Å². The molecule has 0 saturated heterocycles. The predicted octanol–water partition coefficient (Wildman–Crippen LogP) is 7.40. The maximum atomic E-state index is 13.1. The number of carbonyl (C=O) groups excluding carboxylic acids is 1. The molecule has 4 N–H and O–H groups in total. The van der Waals surface area contributed by atoms with Crippen LogP contribution in [0.4, 0.5) is 0 Å². The summed E-state index contributed by atoms with van der Waals surface area (Å²) in [5.74, 6) is -2.64. The fourth-order valence-electron chi connectivity index (χ4n) is 5.03. The normalized spacial score (nSPS) is 15.1. The molecule has 1 amide bonds. The molecule has 0 fully saturated rings. The summed E-state index contributed by atoms with van der Waals surface area (Å²) in [6.45, 7) is 14.9. The van der Waals surface area contributed by atoms with Gasteiger partial charge in [-0.25, -0.2) is 5.48 Å². The molecule has 0 aromatic heterocycles. The monoisotopic (exact) mass is 569 g/mol. The molecule has 0 spiro atoms. The second-order valence-corrected chi connectivity index (χ2v) is 12.6. The van der Waals surface area contributed by atoms with Crippen molar-refractivity contribution in [2.45, 2.75) is 118 Å². The van der Waals surface area contributed by atoms with Gasteiger partial charge in [-0.15, -0.1) is 0 Å². The van der Waals surface area contributed by atoms with Crippen molar-refractivity contribution < 1.29 is 33.9 Å². The van der Waals surface area contributed by atoms with E-state index in [2.05, 4.69) is 51.4 Å². The molecule has 9 heteroatoms. The summed E-state index contributed by atoms with van der Waals surface area (Å²) >= 11 is 0. The van der Waals surface area contributed by atoms with E-state index in [1.807, 2.05) is 6.92 Å². The Morgan fingerprint density at radius 3 is 1.56 bits per heavy atom. The van der Waals surface area contributed by atoms with E-state index in [1.54, 1.807) is 6.08 Å². The van der Waals surface area contributed by atoms with Crippen molar-refractivity contribution >= 4 is 19.5 Å². The zero-order valence-electron chi connectivity index (χ0n) is 25.3. The topological polar surface area (TPSA) is 133 Å². The van der Waals surface area contributed by atoms with E-state index < -0.39 is 30.0 Å². The average molecular weight is 570 g/mol. The third kappa shape index (κ3) is 10.8. The summed E-state index contributed by atoms with van der Waals surface area (Å²) in [7, 11) is -4.97. The van der Waals surface area contributed by atoms with Gasteiger partial charge in [-0.3, -0.25) is 19.0 Å². The maximum absolute atomic E-state index is 13.1. The minimum Gasteiger partial charge on any atom is -0.480 e. The molecule has 224 valence electrons. The van der Waals surface area contributed by atoms with Crippen LogP contribution in [0.1, 0.15) is 113 Å². The fraction of sp³-hybridized carbons (Fsp3) is 0.667. The van der Waals surface area contributed by atoms with Crippen LogP contribution >= 0.6 is 7.60 Å². The number of amides is 1. The molecule has 0 bridgehead atoms. The van der Waals surface area contributed by atoms with Crippen molar-refractivity contribution in [1.82, 2.24) is 5.48 Å². The highest BCUT2D eigenvalue weighted by Crippen LogP contribution is 2.64. The minimum absolute atomic E-state index is 0.0116. The standard InChI is InChI=1S/C30H52NO7P/c1-9-29(10-2,39(35,36)37)30(11-3,28(33)34)27(32)31-38-22-21-26(8)20-14-19-25(7)18-13-17-24(6)16-12-15-23(4)5/h15,17,19,21H,9-14,16,18,20,22H2,1-8H3,(H,31,32)(H,33,34)(H2,35,36,37). The lowest BCUT2D eigenvalue weighted by Gasteiger charge is -2.45. The van der Waals surface area contributed by atoms with Gasteiger partial charge in [0, 0.05) is 0 Å². The van der Waals surface area contributed by atoms with Gasteiger partial charge in [-0.2, -0.15) is 0 Å². The van der Waals surface area contributed by atoms with Gasteiger partial charge in [0.05, 0.1) is 11.8 Å². The number of aliphatic carboxylic acids is 1. The number of carboxylic acids is 1. The Morgan fingerprint density at radius 1 is 0.769 bits per heavy atom. The summed E-state index contributed by atoms with van der Waals surface area (Å²) in [6, 6.07) is 0. The summed E-state index contributed by atoms with van der Waals surface area (Å²) in [4.78, 5) is 50.8. The van der Waals surface area contributed by atoms with Crippen molar-refractivity contribution in [2.75, 3.05) is 6.61 Å². The molecule has 1 atom stereocenters. The van der Waals surface area contributed by atoms with Crippen LogP contribution in [0.2, 0.25) is 0 Å². The fourth-order valence-corrected chi connectivity index (χ4v) is 6.70. The van der Waals surface area contributed by atoms with Gasteiger partial charge < -0.3 is 14.9 Å². The molecule has 0 heterocycles. The van der Waals surface area contributed by atoms with Crippen molar-refractivity contribution in [3.63, 3.8) is 0 Å². The molecular formula is C30H52NO7P. The minimum atomic E-state index is -4.97. The van der Waals surface area contributed by atoms with Crippen LogP contribution in [0, 0.1) is 5.41 Å². The lowest BCUT2D eigenvalue weighted by atomic mass is 9.69. The van der Waals surface area contributed by atoms with Crippen molar-refractivity contribution in [2.24, 2.45) is 5.41 Å². The van der Waals surface area contributed by atoms with Gasteiger partial charge in [0.1, 0.15) is 0 Å². The molecule has 0 aliphatic carbocycles. The van der Waals surface area contributed by atoms with Gasteiger partial charge in [-0.05, 0) is 92.4 Å². The Morgan fingerprint density at radius 2 is 1.21 bits per heavy atom. The van der Waals surface area contributed by atoms with Crippen LogP contribution in [-0.4, -0.2) is 38.5 Å². The number of nitrogens with one attached hydrogen (secondary N) is 1. The van der Waals surface area contributed by atoms with Crippen LogP contribution in [-0.2, 0) is 19.0 Å². The van der Waals surface area contributed by atoms with E-state index in [-0.39, 0.29) is 25.9 Å². The second kappa shape index (κ2) is 17.6. The highest BCUT2D eigenvalue weighted by atomic mass is 31.2. The molecule has 8 nitrogen and oxygen atoms in total. The Hall–Kier alpha value is -1.99. The molecule has 0 saturated carbocycles. The van der Waals surface area contributed by atoms with Crippen molar-refractivity contribution in [3.8, 4) is 0 Å². The maximum Gasteiger partial charge on any atom is 0.333 e. The van der Waals surface area contributed by atoms with Gasteiger partial charge in [-0.1, -0.05) is 67.4 Å². The number of carboxylic acid groups (broad SMARTS) is 1. The van der Waals surface area contributed by atoms with Crippen LogP contribution < -0.4 is 5.48 Å². The summed E-state index contributed by atoms with van der Waals surface area (Å²) in [5.41, 5.74) is 4.98. The van der Waals surface area contributed by atoms with Gasteiger partial charge in [0.2, 0.25) is 0 Å². The molecule has 1 unspecified atom stereocenters. The molecule has 0 aliphatic rings. The van der Waals surface area contributed by atoms with Crippen LogP contribution in [0.5, 0.6) is 0 Å². The number of hydrogen-bond acceptors (Lipinski definition) is 4. The van der Waals surface area contributed by atoms with E-state index in [4.69, 9.17) is 4.84 Å². The largest absolute Gasteiger partial charge is 0.480 e. The highest BCUT2D eigenvalue weighted by Gasteiger charge is 2.67. The first-order valence-electron chi connectivity index (χ1n) is 14.0. The molecular weight excluding hydrogens is 517 g/mol. The lowest BCUT2D eigenvalue weighted by molar-refractivity contribution is -0.165. The summed E-state index contributed by atoms with van der Waals surface area (Å²) in [6.07, 6.45) is 13.9. The molecule has 0 aromatic rings. The predicted molar refractivity (Wildman–Crippen MR) is 158 cm³/mol. The number of hydroxylamine groups is 1. The lowest BCUT2D eigenvalue weighted by Crippen LogP contribution is -2.60. The first kappa shape index (κ1) is 37.0. The van der Waals surface area contributed by atoms with E-state index >= 15 is 0 Å². The quantitative estimate of drug-likeness (QED) is 0.0419. The number of hydrogen-bond donors (Lipinski definition) is 4. The molecule has 0 rings (SSSR count). The smallest absolute Gasteiger partial charge is 0.333 e. The Bertz CT molecular complexity index is 966. The van der Waals surface area contributed by atoms with Crippen LogP contribution in [0.3, 0.4) is 0 Å². The average Bonchev–Trinajstić information content (AvgIpc) is 2.83. The first-order valence-corrected chi connectivity index (χ1v) is 15.6. The van der Waals surface area contributed by atoms with E-state index in [1.165, 1.54) is 37.5 Å². The number of rotatable bonds is 19. The van der Waals surface area contributed by atoms with E-state index in [0.717, 1.165) is 44.1 Å². The van der Waals surface area contributed by atoms with Crippen LogP contribution in [0.15, 0.2) is 46.6 Å². The summed E-state index contributed by atoms with van der Waals surface area (Å²) < 4.78 is 12.4. The van der Waals surface area contributed by atoms with Gasteiger partial charge >= 0.3 is 13.6 Å².